The van der Waals surface area contributed by atoms with Crippen molar-refractivity contribution in [1.82, 2.24) is 19.3 Å². The second-order valence-electron chi connectivity index (χ2n) is 8.94. The standard InChI is InChI=1S/C27H26FN5O2/c1-29-22-9-7-19(8-10-22)25-24(20-5-6-21(16-34)23(28)14-20)26-30-11-13-33(26)27(31-25)35-17-18-4-3-12-32(2)15-18/h5-11,13-14,18,34H,3-4,12,15-17H2,2H3/t18-/m1/s1. The third-order valence-electron chi connectivity index (χ3n) is 6.47. The number of benzene rings is 2. The van der Waals surface area contributed by atoms with Crippen molar-refractivity contribution in [2.24, 2.45) is 5.92 Å². The quantitative estimate of drug-likeness (QED) is 0.403. The van der Waals surface area contributed by atoms with Crippen LogP contribution in [0.2, 0.25) is 0 Å². The summed E-state index contributed by atoms with van der Waals surface area (Å²) in [5, 5.41) is 9.41. The van der Waals surface area contributed by atoms with Gasteiger partial charge >= 0.3 is 6.01 Å². The van der Waals surface area contributed by atoms with E-state index in [1.54, 1.807) is 41.1 Å². The Morgan fingerprint density at radius 2 is 2.00 bits per heavy atom. The number of ether oxygens (including phenoxy) is 1. The molecule has 2 aromatic carbocycles. The molecule has 0 spiro atoms. The number of aromatic nitrogens is 3. The van der Waals surface area contributed by atoms with Gasteiger partial charge < -0.3 is 14.7 Å². The van der Waals surface area contributed by atoms with Crippen molar-refractivity contribution in [1.29, 1.82) is 0 Å². The van der Waals surface area contributed by atoms with E-state index in [9.17, 15) is 9.50 Å². The average Bonchev–Trinajstić information content (AvgIpc) is 3.37. The first-order chi connectivity index (χ1) is 17.1. The van der Waals surface area contributed by atoms with Crippen LogP contribution < -0.4 is 4.74 Å². The number of aliphatic hydroxyl groups is 1. The summed E-state index contributed by atoms with van der Waals surface area (Å²) in [4.78, 5) is 15.2. The summed E-state index contributed by atoms with van der Waals surface area (Å²) in [5.74, 6) is -0.0823. The number of hydrogen-bond acceptors (Lipinski definition) is 5. The summed E-state index contributed by atoms with van der Waals surface area (Å²) in [6, 6.07) is 12.3. The van der Waals surface area contributed by atoms with E-state index >= 15 is 0 Å². The second kappa shape index (κ2) is 9.82. The first-order valence-corrected chi connectivity index (χ1v) is 11.6. The number of hydrogen-bond donors (Lipinski definition) is 1. The van der Waals surface area contributed by atoms with Gasteiger partial charge in [-0.15, -0.1) is 0 Å². The van der Waals surface area contributed by atoms with Crippen molar-refractivity contribution >= 4 is 11.3 Å². The zero-order valence-electron chi connectivity index (χ0n) is 19.5. The molecule has 2 aromatic heterocycles. The number of piperidine rings is 1. The van der Waals surface area contributed by atoms with Crippen LogP contribution in [0.3, 0.4) is 0 Å². The molecule has 1 fully saturated rings. The molecule has 1 aliphatic heterocycles. The number of nitrogens with zero attached hydrogens (tertiary/aromatic N) is 5. The van der Waals surface area contributed by atoms with Gasteiger partial charge in [0, 0.05) is 30.4 Å². The Kier molecular flexibility index (Phi) is 6.45. The lowest BCUT2D eigenvalue weighted by Crippen LogP contribution is -2.35. The molecule has 1 saturated heterocycles. The normalized spacial score (nSPS) is 16.3. The van der Waals surface area contributed by atoms with Crippen molar-refractivity contribution in [2.75, 3.05) is 26.7 Å². The molecule has 8 heteroatoms. The molecule has 0 bridgehead atoms. The maximum atomic E-state index is 14.7. The third kappa shape index (κ3) is 4.61. The Morgan fingerprint density at radius 1 is 1.20 bits per heavy atom. The molecule has 7 nitrogen and oxygen atoms in total. The fraction of sp³-hybridized carbons (Fsp3) is 0.296. The van der Waals surface area contributed by atoms with Gasteiger partial charge in [-0.05, 0) is 43.6 Å². The van der Waals surface area contributed by atoms with Gasteiger partial charge in [0.05, 0.1) is 31.0 Å². The van der Waals surface area contributed by atoms with Crippen LogP contribution in [0.25, 0.3) is 32.9 Å². The van der Waals surface area contributed by atoms with Crippen LogP contribution in [0.4, 0.5) is 10.1 Å². The van der Waals surface area contributed by atoms with Crippen LogP contribution in [0, 0.1) is 18.3 Å². The Bertz CT molecular complexity index is 1390. The smallest absolute Gasteiger partial charge is 0.302 e. The summed E-state index contributed by atoms with van der Waals surface area (Å²) in [7, 11) is 2.12. The zero-order chi connectivity index (χ0) is 24.4. The SMILES string of the molecule is [C-]#[N+]c1ccc(-c2nc(OC[C@@H]3CCCN(C)C3)n3ccnc3c2-c2ccc(CO)c(F)c2)cc1. The van der Waals surface area contributed by atoms with Crippen LogP contribution in [0.5, 0.6) is 6.01 Å². The molecule has 1 aliphatic rings. The third-order valence-corrected chi connectivity index (χ3v) is 6.47. The van der Waals surface area contributed by atoms with E-state index < -0.39 is 5.82 Å². The van der Waals surface area contributed by atoms with Gasteiger partial charge in [0.2, 0.25) is 0 Å². The first-order valence-electron chi connectivity index (χ1n) is 11.6. The van der Waals surface area contributed by atoms with Crippen LogP contribution >= 0.6 is 0 Å². The average molecular weight is 472 g/mol. The highest BCUT2D eigenvalue weighted by atomic mass is 19.1. The van der Waals surface area contributed by atoms with Crippen LogP contribution in [0.15, 0.2) is 54.9 Å². The first kappa shape index (κ1) is 23.0. The maximum absolute atomic E-state index is 14.7. The van der Waals surface area contributed by atoms with E-state index in [1.165, 1.54) is 6.07 Å². The second-order valence-corrected chi connectivity index (χ2v) is 8.94. The molecule has 0 aliphatic carbocycles. The topological polar surface area (TPSA) is 67.2 Å². The molecule has 5 rings (SSSR count). The lowest BCUT2D eigenvalue weighted by atomic mass is 9.98. The largest absolute Gasteiger partial charge is 0.464 e. The van der Waals surface area contributed by atoms with E-state index in [0.29, 0.717) is 46.7 Å². The van der Waals surface area contributed by atoms with Crippen molar-refractivity contribution in [3.63, 3.8) is 0 Å². The lowest BCUT2D eigenvalue weighted by molar-refractivity contribution is 0.143. The fourth-order valence-corrected chi connectivity index (χ4v) is 4.66. The summed E-state index contributed by atoms with van der Waals surface area (Å²) in [6.45, 7) is 9.50. The van der Waals surface area contributed by atoms with Gasteiger partial charge in [0.25, 0.3) is 0 Å². The van der Waals surface area contributed by atoms with Crippen molar-refractivity contribution < 1.29 is 14.2 Å². The fourth-order valence-electron chi connectivity index (χ4n) is 4.66. The van der Waals surface area contributed by atoms with Crippen molar-refractivity contribution in [3.05, 3.63) is 77.7 Å². The highest BCUT2D eigenvalue weighted by Gasteiger charge is 2.22. The van der Waals surface area contributed by atoms with Crippen molar-refractivity contribution in [3.8, 4) is 28.4 Å². The monoisotopic (exact) mass is 471 g/mol. The predicted molar refractivity (Wildman–Crippen MR) is 132 cm³/mol. The number of fused-ring (bicyclic) bond motifs is 1. The van der Waals surface area contributed by atoms with E-state index in [2.05, 4.69) is 21.8 Å². The number of aliphatic hydroxyl groups excluding tert-OH is 1. The molecular formula is C27H26FN5O2. The van der Waals surface area contributed by atoms with Crippen molar-refractivity contribution in [2.45, 2.75) is 19.4 Å². The molecule has 35 heavy (non-hydrogen) atoms. The van der Waals surface area contributed by atoms with Gasteiger partial charge in [-0.2, -0.15) is 4.98 Å². The lowest BCUT2D eigenvalue weighted by Gasteiger charge is -2.29. The maximum Gasteiger partial charge on any atom is 0.302 e. The zero-order valence-corrected chi connectivity index (χ0v) is 19.5. The minimum Gasteiger partial charge on any atom is -0.464 e. The Hall–Kier alpha value is -3.80. The molecule has 0 amide bonds. The highest BCUT2D eigenvalue weighted by Crippen LogP contribution is 2.37. The van der Waals surface area contributed by atoms with E-state index in [1.807, 2.05) is 12.1 Å². The molecule has 1 N–H and O–H groups in total. The number of likely N-dealkylation sites (tertiary alicyclic amines) is 1. The van der Waals surface area contributed by atoms with Crippen LogP contribution in [0.1, 0.15) is 18.4 Å². The van der Waals surface area contributed by atoms with Gasteiger partial charge in [-0.3, -0.25) is 4.40 Å². The summed E-state index contributed by atoms with van der Waals surface area (Å²) in [6.07, 6.45) is 5.72. The van der Waals surface area contributed by atoms with Gasteiger partial charge in [-0.1, -0.05) is 36.4 Å². The van der Waals surface area contributed by atoms with Gasteiger partial charge in [0.1, 0.15) is 5.82 Å². The molecule has 3 heterocycles. The summed E-state index contributed by atoms with van der Waals surface area (Å²) >= 11 is 0. The van der Waals surface area contributed by atoms with E-state index in [0.717, 1.165) is 31.5 Å². The number of imidazole rings is 1. The van der Waals surface area contributed by atoms with E-state index in [-0.39, 0.29) is 12.2 Å². The van der Waals surface area contributed by atoms with Crippen LogP contribution in [-0.2, 0) is 6.61 Å². The molecular weight excluding hydrogens is 445 g/mol. The number of rotatable bonds is 6. The molecule has 1 atom stereocenters. The van der Waals surface area contributed by atoms with Gasteiger partial charge in [0.15, 0.2) is 11.3 Å². The molecule has 4 aromatic rings. The van der Waals surface area contributed by atoms with Gasteiger partial charge in [-0.25, -0.2) is 14.2 Å². The Balaban J connectivity index is 1.63. The highest BCUT2D eigenvalue weighted by molar-refractivity contribution is 5.90. The molecule has 178 valence electrons. The number of halogens is 1. The molecule has 0 saturated carbocycles. The minimum atomic E-state index is -0.495. The molecule has 0 unspecified atom stereocenters. The summed E-state index contributed by atoms with van der Waals surface area (Å²) < 4.78 is 22.7. The predicted octanol–water partition coefficient (Wildman–Crippen LogP) is 4.97. The summed E-state index contributed by atoms with van der Waals surface area (Å²) in [5.41, 5.74) is 3.94. The Labute approximate surface area is 203 Å². The Morgan fingerprint density at radius 3 is 2.71 bits per heavy atom. The minimum absolute atomic E-state index is 0.224. The van der Waals surface area contributed by atoms with E-state index in [4.69, 9.17) is 16.3 Å². The molecule has 0 radical (unpaired) electrons. The van der Waals surface area contributed by atoms with Crippen LogP contribution in [-0.4, -0.2) is 51.1 Å².